The molecule has 2 rings (SSSR count). The Morgan fingerprint density at radius 2 is 2.42 bits per heavy atom. The average molecular weight is 163 g/mol. The Bertz CT molecular complexity index is 402. The van der Waals surface area contributed by atoms with Gasteiger partial charge in [-0.1, -0.05) is 0 Å². The van der Waals surface area contributed by atoms with Crippen molar-refractivity contribution < 1.29 is 9.21 Å². The summed E-state index contributed by atoms with van der Waals surface area (Å²) in [5.74, 6) is -0.760. The van der Waals surface area contributed by atoms with Crippen LogP contribution in [0.2, 0.25) is 0 Å². The first kappa shape index (κ1) is 6.78. The van der Waals surface area contributed by atoms with Crippen molar-refractivity contribution in [3.05, 3.63) is 24.4 Å². The van der Waals surface area contributed by atoms with Gasteiger partial charge in [-0.2, -0.15) is 0 Å². The quantitative estimate of drug-likeness (QED) is 0.656. The number of hydrogen-bond donors (Lipinski definition) is 1. The molecule has 0 aromatic carbocycles. The Labute approximate surface area is 67.2 Å². The van der Waals surface area contributed by atoms with Crippen LogP contribution in [-0.2, 0) is 0 Å². The van der Waals surface area contributed by atoms with Gasteiger partial charge in [0, 0.05) is 6.20 Å². The molecule has 1 amide bonds. The molecular weight excluding hydrogens is 158 g/mol. The zero-order valence-electron chi connectivity index (χ0n) is 6.02. The molecule has 0 saturated carbocycles. The van der Waals surface area contributed by atoms with Crippen LogP contribution in [0.25, 0.3) is 11.1 Å². The first-order chi connectivity index (χ1) is 5.77. The third-order valence-electron chi connectivity index (χ3n) is 1.40. The lowest BCUT2D eigenvalue weighted by Crippen LogP contribution is -2.10. The highest BCUT2D eigenvalue weighted by Gasteiger charge is 2.09. The molecule has 0 fully saturated rings. The molecule has 0 unspecified atom stereocenters. The molecule has 0 aliphatic rings. The molecule has 0 aliphatic heterocycles. The van der Waals surface area contributed by atoms with Crippen molar-refractivity contribution >= 4 is 17.0 Å². The van der Waals surface area contributed by atoms with E-state index in [4.69, 9.17) is 10.2 Å². The predicted octanol–water partition coefficient (Wildman–Crippen LogP) is 0.322. The van der Waals surface area contributed by atoms with E-state index in [1.807, 2.05) is 0 Å². The number of nitrogens with two attached hydrogens (primary N) is 1. The normalized spacial score (nSPS) is 10.3. The van der Waals surface area contributed by atoms with Gasteiger partial charge in [0.1, 0.15) is 5.52 Å². The van der Waals surface area contributed by atoms with Gasteiger partial charge in [0.05, 0.1) is 6.20 Å². The fourth-order valence-corrected chi connectivity index (χ4v) is 0.885. The molecule has 0 saturated heterocycles. The number of rotatable bonds is 1. The molecule has 0 bridgehead atoms. The highest BCUT2D eigenvalue weighted by atomic mass is 16.4. The van der Waals surface area contributed by atoms with E-state index in [0.29, 0.717) is 11.1 Å². The number of oxazole rings is 1. The molecule has 12 heavy (non-hydrogen) atoms. The highest BCUT2D eigenvalue weighted by Crippen LogP contribution is 2.12. The number of primary amides is 1. The summed E-state index contributed by atoms with van der Waals surface area (Å²) < 4.78 is 4.98. The van der Waals surface area contributed by atoms with Crippen molar-refractivity contribution in [2.75, 3.05) is 0 Å². The Kier molecular flexibility index (Phi) is 1.30. The van der Waals surface area contributed by atoms with Crippen molar-refractivity contribution in [1.29, 1.82) is 0 Å². The molecule has 60 valence electrons. The molecule has 2 aromatic heterocycles. The Balaban J connectivity index is 2.70. The lowest BCUT2D eigenvalue weighted by molar-refractivity contribution is 0.0969. The van der Waals surface area contributed by atoms with Crippen LogP contribution < -0.4 is 5.73 Å². The van der Waals surface area contributed by atoms with Crippen molar-refractivity contribution in [2.24, 2.45) is 5.73 Å². The number of pyridine rings is 1. The van der Waals surface area contributed by atoms with Crippen molar-refractivity contribution in [3.63, 3.8) is 0 Å². The van der Waals surface area contributed by atoms with E-state index in [1.54, 1.807) is 12.3 Å². The van der Waals surface area contributed by atoms with E-state index in [0.717, 1.165) is 0 Å². The van der Waals surface area contributed by atoms with Crippen molar-refractivity contribution in [3.8, 4) is 0 Å². The molecular formula is C7H5N3O2. The lowest BCUT2D eigenvalue weighted by Gasteiger charge is -1.80. The second-order valence-electron chi connectivity index (χ2n) is 2.23. The monoisotopic (exact) mass is 163 g/mol. The second-order valence-corrected chi connectivity index (χ2v) is 2.23. The molecule has 2 N–H and O–H groups in total. The molecule has 0 spiro atoms. The molecule has 0 atom stereocenters. The highest BCUT2D eigenvalue weighted by molar-refractivity contribution is 5.90. The third-order valence-corrected chi connectivity index (χ3v) is 1.40. The van der Waals surface area contributed by atoms with Crippen LogP contribution in [-0.4, -0.2) is 15.9 Å². The van der Waals surface area contributed by atoms with Gasteiger partial charge < -0.3 is 10.2 Å². The van der Waals surface area contributed by atoms with Crippen LogP contribution >= 0.6 is 0 Å². The summed E-state index contributed by atoms with van der Waals surface area (Å²) in [5.41, 5.74) is 6.01. The van der Waals surface area contributed by atoms with Crippen LogP contribution in [0.3, 0.4) is 0 Å². The molecule has 5 heteroatoms. The topological polar surface area (TPSA) is 82.0 Å². The number of amides is 1. The van der Waals surface area contributed by atoms with E-state index in [9.17, 15) is 4.79 Å². The fourth-order valence-electron chi connectivity index (χ4n) is 0.885. The summed E-state index contributed by atoms with van der Waals surface area (Å²) in [6.45, 7) is 0. The van der Waals surface area contributed by atoms with Gasteiger partial charge in [0.2, 0.25) is 0 Å². The Hall–Kier alpha value is -1.91. The number of carbonyl (C=O) groups is 1. The standard InChI is InChI=1S/C7H5N3O2/c8-6(11)7-10-4-1-2-9-3-5(4)12-7/h1-3H,(H2,8,11). The minimum atomic E-state index is -0.675. The largest absolute Gasteiger partial charge is 0.431 e. The molecule has 2 aromatic rings. The Morgan fingerprint density at radius 3 is 3.08 bits per heavy atom. The van der Waals surface area contributed by atoms with Gasteiger partial charge in [-0.15, -0.1) is 0 Å². The number of aromatic nitrogens is 2. The first-order valence-electron chi connectivity index (χ1n) is 3.28. The maximum atomic E-state index is 10.6. The van der Waals surface area contributed by atoms with Crippen LogP contribution in [0.5, 0.6) is 0 Å². The van der Waals surface area contributed by atoms with Gasteiger partial charge in [0.25, 0.3) is 5.89 Å². The average Bonchev–Trinajstić information content (AvgIpc) is 2.46. The summed E-state index contributed by atoms with van der Waals surface area (Å²) in [5, 5.41) is 0. The summed E-state index contributed by atoms with van der Waals surface area (Å²) in [7, 11) is 0. The predicted molar refractivity (Wildman–Crippen MR) is 40.3 cm³/mol. The SMILES string of the molecule is NC(=O)c1nc2ccncc2o1. The molecule has 5 nitrogen and oxygen atoms in total. The van der Waals surface area contributed by atoms with Gasteiger partial charge in [-0.25, -0.2) is 4.98 Å². The van der Waals surface area contributed by atoms with Gasteiger partial charge in [0.15, 0.2) is 5.58 Å². The van der Waals surface area contributed by atoms with E-state index >= 15 is 0 Å². The molecule has 0 radical (unpaired) electrons. The maximum Gasteiger partial charge on any atom is 0.304 e. The summed E-state index contributed by atoms with van der Waals surface area (Å²) in [6.07, 6.45) is 3.05. The number of fused-ring (bicyclic) bond motifs is 1. The van der Waals surface area contributed by atoms with Crippen molar-refractivity contribution in [2.45, 2.75) is 0 Å². The lowest BCUT2D eigenvalue weighted by atomic mass is 10.4. The van der Waals surface area contributed by atoms with E-state index in [2.05, 4.69) is 9.97 Å². The Morgan fingerprint density at radius 1 is 1.58 bits per heavy atom. The summed E-state index contributed by atoms with van der Waals surface area (Å²) in [4.78, 5) is 18.2. The fraction of sp³-hybridized carbons (Fsp3) is 0. The summed E-state index contributed by atoms with van der Waals surface area (Å²) >= 11 is 0. The second kappa shape index (κ2) is 2.30. The maximum absolute atomic E-state index is 10.6. The molecule has 0 aliphatic carbocycles. The van der Waals surface area contributed by atoms with Crippen LogP contribution in [0.15, 0.2) is 22.9 Å². The smallest absolute Gasteiger partial charge is 0.304 e. The first-order valence-corrected chi connectivity index (χ1v) is 3.28. The van der Waals surface area contributed by atoms with E-state index in [1.165, 1.54) is 6.20 Å². The zero-order valence-corrected chi connectivity index (χ0v) is 6.02. The van der Waals surface area contributed by atoms with Crippen molar-refractivity contribution in [1.82, 2.24) is 9.97 Å². The van der Waals surface area contributed by atoms with E-state index in [-0.39, 0.29) is 5.89 Å². The minimum absolute atomic E-state index is 0.0852. The van der Waals surface area contributed by atoms with E-state index < -0.39 is 5.91 Å². The number of carbonyl (C=O) groups excluding carboxylic acids is 1. The van der Waals surface area contributed by atoms with Crippen LogP contribution in [0, 0.1) is 0 Å². The third kappa shape index (κ3) is 0.914. The molecule has 2 heterocycles. The zero-order chi connectivity index (χ0) is 8.55. The van der Waals surface area contributed by atoms with Crippen LogP contribution in [0.1, 0.15) is 10.7 Å². The van der Waals surface area contributed by atoms with Crippen LogP contribution in [0.4, 0.5) is 0 Å². The number of hydrogen-bond acceptors (Lipinski definition) is 4. The minimum Gasteiger partial charge on any atom is -0.431 e. The van der Waals surface area contributed by atoms with Gasteiger partial charge >= 0.3 is 5.91 Å². The summed E-state index contributed by atoms with van der Waals surface area (Å²) in [6, 6.07) is 1.64. The number of nitrogens with zero attached hydrogens (tertiary/aromatic N) is 2. The van der Waals surface area contributed by atoms with Gasteiger partial charge in [-0.3, -0.25) is 9.78 Å². The van der Waals surface area contributed by atoms with Gasteiger partial charge in [-0.05, 0) is 6.07 Å².